The monoisotopic (exact) mass is 442 g/mol. The third-order valence-electron chi connectivity index (χ3n) is 3.94. The molecule has 0 N–H and O–H groups in total. The van der Waals surface area contributed by atoms with Crippen LogP contribution in [0.15, 0.2) is 72.2 Å². The summed E-state index contributed by atoms with van der Waals surface area (Å²) in [5.41, 5.74) is 1.99. The fourth-order valence-electron chi connectivity index (χ4n) is 2.29. The quantitative estimate of drug-likeness (QED) is 0.392. The highest BCUT2D eigenvalue weighted by molar-refractivity contribution is 5.87. The predicted octanol–water partition coefficient (Wildman–Crippen LogP) is 4.79. The van der Waals surface area contributed by atoms with E-state index in [9.17, 15) is 4.79 Å². The Morgan fingerprint density at radius 2 is 1.24 bits per heavy atom. The van der Waals surface area contributed by atoms with Crippen molar-refractivity contribution in [3.63, 3.8) is 0 Å². The summed E-state index contributed by atoms with van der Waals surface area (Å²) >= 11 is 0. The van der Waals surface area contributed by atoms with E-state index < -0.39 is 11.9 Å². The Hall–Kier alpha value is -4.47. The number of rotatable bonds is 10. The zero-order valence-electron chi connectivity index (χ0n) is 18.1. The Kier molecular flexibility index (Phi) is 13.1. The van der Waals surface area contributed by atoms with Crippen LogP contribution >= 0.6 is 0 Å². The van der Waals surface area contributed by atoms with Crippen LogP contribution in [0.2, 0.25) is 0 Å². The largest absolute Gasteiger partial charge is 0.559 e. The molecule has 2 aromatic rings. The molecule has 0 fully saturated rings. The molecular weight excluding hydrogens is 420 g/mol. The van der Waals surface area contributed by atoms with Crippen LogP contribution in [0, 0.1) is 26.3 Å². The zero-order valence-corrected chi connectivity index (χ0v) is 18.1. The van der Waals surface area contributed by atoms with Crippen LogP contribution in [0.25, 0.3) is 19.4 Å². The number of hydrogen-bond donors (Lipinski definition) is 0. The highest BCUT2D eigenvalue weighted by atomic mass is 16.5. The van der Waals surface area contributed by atoms with Crippen molar-refractivity contribution < 1.29 is 19.0 Å². The Balaban J connectivity index is 0.000000331. The number of carbonyl (C=O) groups excluding carboxylic acids is 1. The van der Waals surface area contributed by atoms with Crippen molar-refractivity contribution in [2.75, 3.05) is 20.3 Å². The van der Waals surface area contributed by atoms with Gasteiger partial charge in [-0.05, 0) is 11.1 Å². The van der Waals surface area contributed by atoms with Gasteiger partial charge in [0, 0.05) is 0 Å². The van der Waals surface area contributed by atoms with Gasteiger partial charge in [0.05, 0.1) is 20.3 Å². The number of Topliss-reactive ketones (excluding diaryl/α,β-unsaturated/α-hetero) is 1. The third-order valence-corrected chi connectivity index (χ3v) is 3.94. The van der Waals surface area contributed by atoms with Crippen LogP contribution in [-0.4, -0.2) is 32.3 Å². The van der Waals surface area contributed by atoms with E-state index in [4.69, 9.17) is 40.5 Å². The lowest BCUT2D eigenvalue weighted by molar-refractivity contribution is -0.123. The van der Waals surface area contributed by atoms with Gasteiger partial charge in [0.25, 0.3) is 0 Å². The molecule has 8 heteroatoms. The van der Waals surface area contributed by atoms with Crippen LogP contribution < -0.4 is 0 Å². The lowest BCUT2D eigenvalue weighted by Gasteiger charge is -2.05. The number of methoxy groups -OCH3 is 1. The summed E-state index contributed by atoms with van der Waals surface area (Å²) in [6.45, 7) is 27.6. The first-order chi connectivity index (χ1) is 16.1. The van der Waals surface area contributed by atoms with E-state index in [1.54, 1.807) is 0 Å². The van der Waals surface area contributed by atoms with Crippen molar-refractivity contribution in [3.8, 4) is 0 Å². The molecule has 0 bridgehead atoms. The van der Waals surface area contributed by atoms with Crippen molar-refractivity contribution in [1.82, 2.24) is 0 Å². The normalized spacial score (nSPS) is 9.15. The number of hydrogen-bond acceptors (Lipinski definition) is 4. The van der Waals surface area contributed by atoms with Crippen LogP contribution in [0.4, 0.5) is 0 Å². The summed E-state index contributed by atoms with van der Waals surface area (Å²) in [5, 5.41) is 0. The van der Waals surface area contributed by atoms with Crippen molar-refractivity contribution in [3.05, 3.63) is 129 Å². The van der Waals surface area contributed by atoms with E-state index in [1.807, 2.05) is 60.7 Å². The lowest BCUT2D eigenvalue weighted by atomic mass is 10.2. The van der Waals surface area contributed by atoms with Gasteiger partial charge in [-0.25, -0.2) is 22.8 Å². The summed E-state index contributed by atoms with van der Waals surface area (Å²) in [6.07, 6.45) is -1.25. The van der Waals surface area contributed by atoms with Gasteiger partial charge in [-0.1, -0.05) is 60.7 Å². The molecule has 0 spiro atoms. The van der Waals surface area contributed by atoms with E-state index in [0.29, 0.717) is 13.2 Å². The van der Waals surface area contributed by atoms with Gasteiger partial charge >= 0.3 is 17.8 Å². The van der Waals surface area contributed by atoms with Crippen LogP contribution in [-0.2, 0) is 32.2 Å². The SMILES string of the molecule is [C-]#[N+]C([N+]#[C-])=C(COCc1ccccc1)OC.[C-]#[N+]C([N+]#[C-])C(=O)COCc1ccccc1. The average molecular weight is 442 g/mol. The van der Waals surface area contributed by atoms with Gasteiger partial charge in [-0.3, -0.25) is 4.79 Å². The first-order valence-corrected chi connectivity index (χ1v) is 9.60. The smallest absolute Gasteiger partial charge is 0.503 e. The predicted molar refractivity (Wildman–Crippen MR) is 121 cm³/mol. The van der Waals surface area contributed by atoms with Crippen molar-refractivity contribution in [2.45, 2.75) is 19.4 Å². The molecule has 2 rings (SSSR count). The average Bonchev–Trinajstić information content (AvgIpc) is 2.86. The van der Waals surface area contributed by atoms with Gasteiger partial charge in [-0.15, -0.1) is 0 Å². The molecule has 0 unspecified atom stereocenters. The topological polar surface area (TPSA) is 62.2 Å². The van der Waals surface area contributed by atoms with Crippen LogP contribution in [0.1, 0.15) is 11.1 Å². The summed E-state index contributed by atoms with van der Waals surface area (Å²) < 4.78 is 15.5. The Morgan fingerprint density at radius 3 is 1.64 bits per heavy atom. The van der Waals surface area contributed by atoms with Crippen LogP contribution in [0.3, 0.4) is 0 Å². The van der Waals surface area contributed by atoms with E-state index in [0.717, 1.165) is 11.1 Å². The van der Waals surface area contributed by atoms with Crippen molar-refractivity contribution in [2.24, 2.45) is 0 Å². The maximum Gasteiger partial charge on any atom is 0.559 e. The minimum atomic E-state index is -1.25. The van der Waals surface area contributed by atoms with Gasteiger partial charge in [0.1, 0.15) is 26.4 Å². The fourth-order valence-corrected chi connectivity index (χ4v) is 2.29. The number of carbonyl (C=O) groups is 1. The molecule has 0 aliphatic carbocycles. The van der Waals surface area contributed by atoms with Crippen molar-refractivity contribution in [1.29, 1.82) is 0 Å². The molecule has 8 nitrogen and oxygen atoms in total. The van der Waals surface area contributed by atoms with Crippen molar-refractivity contribution >= 4 is 5.78 Å². The Morgan fingerprint density at radius 1 is 0.788 bits per heavy atom. The highest BCUT2D eigenvalue weighted by Crippen LogP contribution is 2.10. The lowest BCUT2D eigenvalue weighted by Crippen LogP contribution is -2.18. The third kappa shape index (κ3) is 10.4. The van der Waals surface area contributed by atoms with Gasteiger partial charge in [0.15, 0.2) is 0 Å². The fraction of sp³-hybridized carbons (Fsp3) is 0.240. The van der Waals surface area contributed by atoms with E-state index in [-0.39, 0.29) is 24.8 Å². The molecule has 0 aromatic heterocycles. The first kappa shape index (κ1) is 26.6. The second-order valence-electron chi connectivity index (χ2n) is 6.23. The molecule has 33 heavy (non-hydrogen) atoms. The molecular formula is C25H22N4O4. The zero-order chi connectivity index (χ0) is 24.3. The van der Waals surface area contributed by atoms with Gasteiger partial charge < -0.3 is 14.2 Å². The molecule has 2 aromatic carbocycles. The molecule has 0 saturated heterocycles. The standard InChI is InChI=1S/C13H12N2O2.C12H10N2O2/c1-14-13(15-2)12(16-3)10-17-9-11-7-5-4-6-8-11;1-13-12(14-2)11(15)9-16-8-10-6-4-3-5-7-10/h4-8H,9-10H2,3H3;3-7,12H,8-9H2. The molecule has 0 aliphatic heterocycles. The molecule has 0 saturated carbocycles. The number of benzene rings is 2. The molecule has 0 amide bonds. The van der Waals surface area contributed by atoms with Gasteiger partial charge in [0.2, 0.25) is 5.76 Å². The molecule has 166 valence electrons. The second kappa shape index (κ2) is 16.3. The molecule has 0 radical (unpaired) electrons. The minimum Gasteiger partial charge on any atom is -0.503 e. The first-order valence-electron chi connectivity index (χ1n) is 9.60. The maximum atomic E-state index is 11.2. The maximum absolute atomic E-state index is 11.2. The number of ketones is 1. The molecule has 0 heterocycles. The molecule has 0 atom stereocenters. The molecule has 0 aliphatic rings. The van der Waals surface area contributed by atoms with E-state index in [2.05, 4.69) is 19.4 Å². The number of ether oxygens (including phenoxy) is 3. The van der Waals surface area contributed by atoms with Gasteiger partial charge in [-0.2, -0.15) is 9.69 Å². The second-order valence-corrected chi connectivity index (χ2v) is 6.23. The summed E-state index contributed by atoms with van der Waals surface area (Å²) in [5.74, 6) is -0.299. The number of nitrogens with zero attached hydrogens (tertiary/aromatic N) is 4. The minimum absolute atomic E-state index is 0.0828. The van der Waals surface area contributed by atoms with Crippen LogP contribution in [0.5, 0.6) is 0 Å². The Bertz CT molecular complexity index is 1040. The van der Waals surface area contributed by atoms with E-state index in [1.165, 1.54) is 7.11 Å². The summed E-state index contributed by atoms with van der Waals surface area (Å²) in [4.78, 5) is 23.2. The summed E-state index contributed by atoms with van der Waals surface area (Å²) in [7, 11) is 1.43. The van der Waals surface area contributed by atoms with E-state index >= 15 is 0 Å². The Labute approximate surface area is 193 Å². The summed E-state index contributed by atoms with van der Waals surface area (Å²) in [6, 6.07) is 19.1. The highest BCUT2D eigenvalue weighted by Gasteiger charge is 2.27.